The average molecular weight is 300 g/mol. The van der Waals surface area contributed by atoms with Crippen LogP contribution in [0.3, 0.4) is 0 Å². The lowest BCUT2D eigenvalue weighted by molar-refractivity contribution is -0.392. The summed E-state index contributed by atoms with van der Waals surface area (Å²) in [5.41, 5.74) is 0. The zero-order chi connectivity index (χ0) is 15.6. The summed E-state index contributed by atoms with van der Waals surface area (Å²) in [4.78, 5) is 24.3. The van der Waals surface area contributed by atoms with Gasteiger partial charge in [0.05, 0.1) is 0 Å². The van der Waals surface area contributed by atoms with Gasteiger partial charge in [0.15, 0.2) is 18.7 Å². The zero-order valence-corrected chi connectivity index (χ0v) is 9.73. The molecule has 0 aliphatic rings. The van der Waals surface area contributed by atoms with Crippen molar-refractivity contribution in [3.8, 4) is 0 Å². The second-order valence-electron chi connectivity index (χ2n) is 3.88. The van der Waals surface area contributed by atoms with Crippen molar-refractivity contribution < 1.29 is 31.7 Å². The highest BCUT2D eigenvalue weighted by molar-refractivity contribution is 5.78. The zero-order valence-electron chi connectivity index (χ0n) is 9.73. The Kier molecular flexibility index (Phi) is 4.40. The standard InChI is InChI=1S/C9H8F5N3O3/c10-8(11,9(12,13)14)2-1-6(18)4-16-5-15-3-7(16)17(19)20/h3,5H,1-2,4H2/i12-1. The second kappa shape index (κ2) is 5.51. The molecular formula is C9H8F5N3O3. The van der Waals surface area contributed by atoms with E-state index >= 15 is 0 Å². The minimum Gasteiger partial charge on any atom is -0.358 e. The predicted octanol–water partition coefficient (Wildman–Crippen LogP) is 2.34. The fourth-order valence-corrected chi connectivity index (χ4v) is 1.29. The molecule has 0 aliphatic carbocycles. The van der Waals surface area contributed by atoms with E-state index in [-0.39, 0.29) is 0 Å². The largest absolute Gasteiger partial charge is 0.453 e. The highest BCUT2D eigenvalue weighted by Gasteiger charge is 2.56. The summed E-state index contributed by atoms with van der Waals surface area (Å²) in [6.07, 6.45) is -6.73. The van der Waals surface area contributed by atoms with Crippen LogP contribution >= 0.6 is 0 Å². The molecule has 11 heteroatoms. The average Bonchev–Trinajstić information content (AvgIpc) is 2.73. The molecule has 112 valence electrons. The Balaban J connectivity index is 2.61. The Hall–Kier alpha value is -2.07. The maximum atomic E-state index is 12.6. The van der Waals surface area contributed by atoms with Crippen LogP contribution in [0.4, 0.5) is 27.8 Å². The van der Waals surface area contributed by atoms with Crippen LogP contribution in [0, 0.1) is 10.1 Å². The summed E-state index contributed by atoms with van der Waals surface area (Å²) in [5, 5.41) is 10.5. The maximum Gasteiger partial charge on any atom is 0.453 e. The predicted molar refractivity (Wildman–Crippen MR) is 54.1 cm³/mol. The molecule has 6 nitrogen and oxygen atoms in total. The van der Waals surface area contributed by atoms with Gasteiger partial charge in [-0.3, -0.25) is 4.79 Å². The number of carbonyl (C=O) groups is 1. The number of ketones is 1. The van der Waals surface area contributed by atoms with Crippen LogP contribution in [-0.4, -0.2) is 32.4 Å². The molecule has 0 saturated carbocycles. The lowest BCUT2D eigenvalue weighted by Crippen LogP contribution is -2.36. The molecule has 0 saturated heterocycles. The highest BCUT2D eigenvalue weighted by Crippen LogP contribution is 2.38. The number of imidazole rings is 1. The molecule has 0 amide bonds. The Morgan fingerprint density at radius 2 is 1.95 bits per heavy atom. The van der Waals surface area contributed by atoms with Crippen LogP contribution in [-0.2, 0) is 11.3 Å². The fraction of sp³-hybridized carbons (Fsp3) is 0.556. The van der Waals surface area contributed by atoms with Gasteiger partial charge in [-0.05, 0) is 4.92 Å². The molecule has 1 heterocycles. The molecule has 1 aromatic heterocycles. The van der Waals surface area contributed by atoms with Gasteiger partial charge in [0.1, 0.15) is 6.20 Å². The number of alkyl halides is 5. The number of carbonyl (C=O) groups excluding carboxylic acids is 1. The summed E-state index contributed by atoms with van der Waals surface area (Å²) >= 11 is 0. The van der Waals surface area contributed by atoms with Crippen LogP contribution in [0.5, 0.6) is 0 Å². The number of hydrogen-bond donors (Lipinski definition) is 0. The smallest absolute Gasteiger partial charge is 0.358 e. The van der Waals surface area contributed by atoms with Crippen LogP contribution in [0.25, 0.3) is 0 Å². The summed E-state index contributed by atoms with van der Waals surface area (Å²) in [7, 11) is 0. The molecule has 1 rings (SSSR count). The first kappa shape index (κ1) is 16.0. The van der Waals surface area contributed by atoms with E-state index in [1.807, 2.05) is 0 Å². The number of nitrogens with zero attached hydrogens (tertiary/aromatic N) is 3. The van der Waals surface area contributed by atoms with E-state index in [9.17, 15) is 36.9 Å². The molecule has 0 radical (unpaired) electrons. The summed E-state index contributed by atoms with van der Waals surface area (Å²) in [5.74, 6) is -6.51. The quantitative estimate of drug-likeness (QED) is 0.459. The van der Waals surface area contributed by atoms with E-state index in [0.29, 0.717) is 0 Å². The van der Waals surface area contributed by atoms with Crippen molar-refractivity contribution in [3.63, 3.8) is 0 Å². The number of nitro groups is 1. The molecule has 0 atom stereocenters. The van der Waals surface area contributed by atoms with Crippen molar-refractivity contribution in [2.75, 3.05) is 0 Å². The van der Waals surface area contributed by atoms with Crippen molar-refractivity contribution in [1.29, 1.82) is 0 Å². The topological polar surface area (TPSA) is 78.0 Å². The Morgan fingerprint density at radius 1 is 1.35 bits per heavy atom. The van der Waals surface area contributed by atoms with Gasteiger partial charge in [-0.25, -0.2) is 9.55 Å². The van der Waals surface area contributed by atoms with Crippen molar-refractivity contribution in [2.45, 2.75) is 31.5 Å². The first-order valence-corrected chi connectivity index (χ1v) is 5.15. The molecule has 0 spiro atoms. The van der Waals surface area contributed by atoms with Crippen molar-refractivity contribution in [2.24, 2.45) is 0 Å². The van der Waals surface area contributed by atoms with Crippen molar-refractivity contribution >= 4 is 11.6 Å². The summed E-state index contributed by atoms with van der Waals surface area (Å²) in [6, 6.07) is 0. The van der Waals surface area contributed by atoms with Gasteiger partial charge in [0, 0.05) is 12.8 Å². The number of aromatic nitrogens is 2. The van der Waals surface area contributed by atoms with Gasteiger partial charge in [0.25, 0.3) is 0 Å². The first-order chi connectivity index (χ1) is 9.04. The maximum absolute atomic E-state index is 12.6. The molecule has 0 aliphatic heterocycles. The molecule has 0 bridgehead atoms. The molecule has 20 heavy (non-hydrogen) atoms. The third-order valence-corrected chi connectivity index (χ3v) is 2.36. The fourth-order valence-electron chi connectivity index (χ4n) is 1.29. The van der Waals surface area contributed by atoms with E-state index in [1.54, 1.807) is 0 Å². The molecule has 0 fully saturated rings. The van der Waals surface area contributed by atoms with Crippen molar-refractivity contribution in [3.05, 3.63) is 22.6 Å². The van der Waals surface area contributed by atoms with Crippen LogP contribution in [0.15, 0.2) is 12.5 Å². The van der Waals surface area contributed by atoms with Crippen LogP contribution in [0.1, 0.15) is 12.8 Å². The van der Waals surface area contributed by atoms with E-state index in [0.717, 1.165) is 17.1 Å². The molecule has 0 aromatic carbocycles. The Morgan fingerprint density at radius 3 is 2.45 bits per heavy atom. The van der Waals surface area contributed by atoms with E-state index < -0.39 is 48.0 Å². The van der Waals surface area contributed by atoms with Gasteiger partial charge < -0.3 is 10.1 Å². The number of halogens is 5. The third kappa shape index (κ3) is 3.71. The molecule has 0 N–H and O–H groups in total. The molecular weight excluding hydrogens is 292 g/mol. The molecule has 1 aromatic rings. The van der Waals surface area contributed by atoms with Gasteiger partial charge in [-0.2, -0.15) is 22.0 Å². The molecule has 0 unspecified atom stereocenters. The highest BCUT2D eigenvalue weighted by atomic mass is 19.3. The lowest BCUT2D eigenvalue weighted by Gasteiger charge is -2.18. The van der Waals surface area contributed by atoms with E-state index in [2.05, 4.69) is 4.98 Å². The van der Waals surface area contributed by atoms with Crippen LogP contribution in [0.2, 0.25) is 0 Å². The Labute approximate surface area is 108 Å². The number of rotatable bonds is 6. The first-order valence-electron chi connectivity index (χ1n) is 5.15. The summed E-state index contributed by atoms with van der Waals surface area (Å²) < 4.78 is 61.5. The monoisotopic (exact) mass is 300 g/mol. The van der Waals surface area contributed by atoms with Gasteiger partial charge in [0.2, 0.25) is 0 Å². The van der Waals surface area contributed by atoms with Crippen LogP contribution < -0.4 is 0 Å². The normalized spacial score (nSPS) is 12.4. The third-order valence-electron chi connectivity index (χ3n) is 2.36. The number of hydrogen-bond acceptors (Lipinski definition) is 4. The number of Topliss-reactive ketones (excluding diaryl/α,β-unsaturated/α-hetero) is 1. The summed E-state index contributed by atoms with van der Waals surface area (Å²) in [6.45, 7) is -0.690. The van der Waals surface area contributed by atoms with Gasteiger partial charge in [-0.15, -0.1) is 0 Å². The minimum atomic E-state index is -5.73. The second-order valence-corrected chi connectivity index (χ2v) is 3.88. The minimum absolute atomic E-state index is 0.555. The SMILES string of the molecule is O=C(CCC(F)(F)C(F)(F)[18F])Cn1cncc1[N+](=O)[O-]. The van der Waals surface area contributed by atoms with E-state index in [4.69, 9.17) is 0 Å². The van der Waals surface area contributed by atoms with Crippen molar-refractivity contribution in [1.82, 2.24) is 9.55 Å². The van der Waals surface area contributed by atoms with Gasteiger partial charge in [-0.1, -0.05) is 0 Å². The van der Waals surface area contributed by atoms with E-state index in [1.165, 1.54) is 0 Å². The Bertz CT molecular complexity index is 511. The van der Waals surface area contributed by atoms with Gasteiger partial charge >= 0.3 is 17.9 Å². The lowest BCUT2D eigenvalue weighted by atomic mass is 10.1.